The Morgan fingerprint density at radius 3 is 2.68 bits per heavy atom. The molecule has 0 radical (unpaired) electrons. The molecule has 0 saturated heterocycles. The van der Waals surface area contributed by atoms with Gasteiger partial charge < -0.3 is 10.2 Å². The number of hydrogen-bond acceptors (Lipinski definition) is 4. The van der Waals surface area contributed by atoms with Gasteiger partial charge in [0.05, 0.1) is 0 Å². The number of nitrogens with zero attached hydrogens (tertiary/aromatic N) is 2. The van der Waals surface area contributed by atoms with E-state index < -0.39 is 0 Å². The van der Waals surface area contributed by atoms with Crippen LogP contribution in [0.3, 0.4) is 0 Å². The Morgan fingerprint density at radius 1 is 1.32 bits per heavy atom. The van der Waals surface area contributed by atoms with E-state index in [-0.39, 0.29) is 0 Å². The second-order valence-corrected chi connectivity index (χ2v) is 6.38. The first-order valence-corrected chi connectivity index (χ1v) is 8.13. The Labute approximate surface area is 122 Å². The zero-order valence-corrected chi connectivity index (χ0v) is 13.7. The summed E-state index contributed by atoms with van der Waals surface area (Å²) in [6, 6.07) is 4.91. The molecule has 0 saturated carbocycles. The summed E-state index contributed by atoms with van der Waals surface area (Å²) in [5, 5.41) is 5.70. The number of likely N-dealkylation sites (N-methyl/N-ethyl adjacent to an activating group) is 1. The van der Waals surface area contributed by atoms with Crippen molar-refractivity contribution in [1.82, 2.24) is 15.1 Å². The van der Waals surface area contributed by atoms with Gasteiger partial charge >= 0.3 is 0 Å². The maximum absolute atomic E-state index is 3.56. The second-order valence-electron chi connectivity index (χ2n) is 5.34. The Morgan fingerprint density at radius 2 is 2.11 bits per heavy atom. The summed E-state index contributed by atoms with van der Waals surface area (Å²) in [6.07, 6.45) is 1.25. The van der Waals surface area contributed by atoms with Crippen molar-refractivity contribution in [2.24, 2.45) is 0 Å². The van der Waals surface area contributed by atoms with E-state index in [0.29, 0.717) is 6.04 Å². The molecule has 0 spiro atoms. The minimum Gasteiger partial charge on any atom is -0.310 e. The van der Waals surface area contributed by atoms with Crippen LogP contribution < -0.4 is 5.32 Å². The molecule has 0 aromatic carbocycles. The van der Waals surface area contributed by atoms with E-state index in [1.54, 1.807) is 0 Å². The summed E-state index contributed by atoms with van der Waals surface area (Å²) in [6.45, 7) is 10.1. The van der Waals surface area contributed by atoms with Crippen LogP contribution in [0.25, 0.3) is 0 Å². The molecule has 0 aliphatic rings. The first-order valence-electron chi connectivity index (χ1n) is 7.25. The van der Waals surface area contributed by atoms with E-state index in [2.05, 4.69) is 60.6 Å². The summed E-state index contributed by atoms with van der Waals surface area (Å²) >= 11 is 1.82. The van der Waals surface area contributed by atoms with Crippen molar-refractivity contribution < 1.29 is 0 Å². The van der Waals surface area contributed by atoms with Crippen molar-refractivity contribution in [2.75, 3.05) is 40.3 Å². The van der Waals surface area contributed by atoms with Gasteiger partial charge in [-0.2, -0.15) is 0 Å². The molecule has 1 rings (SSSR count). The molecule has 1 unspecified atom stereocenters. The van der Waals surface area contributed by atoms with Crippen LogP contribution in [0.5, 0.6) is 0 Å². The van der Waals surface area contributed by atoms with Crippen molar-refractivity contribution in [2.45, 2.75) is 32.9 Å². The van der Waals surface area contributed by atoms with Crippen LogP contribution in [0.4, 0.5) is 0 Å². The van der Waals surface area contributed by atoms with Crippen LogP contribution in [0.2, 0.25) is 0 Å². The molecule has 1 atom stereocenters. The summed E-state index contributed by atoms with van der Waals surface area (Å²) in [5.74, 6) is 0. The number of thiophene rings is 1. The average molecular weight is 283 g/mol. The Hall–Kier alpha value is -0.420. The van der Waals surface area contributed by atoms with Crippen molar-refractivity contribution in [3.63, 3.8) is 0 Å². The second kappa shape index (κ2) is 9.48. The maximum Gasteiger partial charge on any atom is 0.0300 e. The lowest BCUT2D eigenvalue weighted by Gasteiger charge is -2.28. The molecule has 0 aliphatic heterocycles. The lowest BCUT2D eigenvalue weighted by atomic mass is 10.2. The van der Waals surface area contributed by atoms with Gasteiger partial charge in [-0.05, 0) is 58.5 Å². The van der Waals surface area contributed by atoms with Gasteiger partial charge in [0.1, 0.15) is 0 Å². The average Bonchev–Trinajstić information content (AvgIpc) is 2.87. The van der Waals surface area contributed by atoms with Gasteiger partial charge in [0.25, 0.3) is 0 Å². The molecule has 19 heavy (non-hydrogen) atoms. The third-order valence-corrected chi connectivity index (χ3v) is 4.28. The molecule has 0 bridgehead atoms. The lowest BCUT2D eigenvalue weighted by molar-refractivity contribution is 0.204. The normalized spacial score (nSPS) is 13.4. The minimum absolute atomic E-state index is 0.604. The maximum atomic E-state index is 3.56. The van der Waals surface area contributed by atoms with Crippen LogP contribution in [0.1, 0.15) is 25.1 Å². The van der Waals surface area contributed by atoms with Crippen LogP contribution in [0.15, 0.2) is 17.5 Å². The SMILES string of the molecule is CCN(CCCN(C)C)C(C)CNCc1cccs1. The fourth-order valence-corrected chi connectivity index (χ4v) is 2.90. The fourth-order valence-electron chi connectivity index (χ4n) is 2.23. The van der Waals surface area contributed by atoms with E-state index in [9.17, 15) is 0 Å². The highest BCUT2D eigenvalue weighted by Gasteiger charge is 2.11. The highest BCUT2D eigenvalue weighted by molar-refractivity contribution is 7.09. The molecule has 1 aromatic heterocycles. The zero-order chi connectivity index (χ0) is 14.1. The van der Waals surface area contributed by atoms with Gasteiger partial charge in [0.2, 0.25) is 0 Å². The molecule has 1 aromatic rings. The minimum atomic E-state index is 0.604. The van der Waals surface area contributed by atoms with Crippen LogP contribution in [-0.4, -0.2) is 56.1 Å². The van der Waals surface area contributed by atoms with E-state index in [1.165, 1.54) is 24.4 Å². The van der Waals surface area contributed by atoms with Crippen molar-refractivity contribution in [1.29, 1.82) is 0 Å². The molecule has 0 amide bonds. The first-order chi connectivity index (χ1) is 9.13. The van der Waals surface area contributed by atoms with Crippen molar-refractivity contribution in [3.8, 4) is 0 Å². The van der Waals surface area contributed by atoms with Gasteiger partial charge in [-0.15, -0.1) is 11.3 Å². The summed E-state index contributed by atoms with van der Waals surface area (Å²) in [4.78, 5) is 6.24. The molecule has 4 heteroatoms. The van der Waals surface area contributed by atoms with Gasteiger partial charge in [-0.25, -0.2) is 0 Å². The third-order valence-electron chi connectivity index (χ3n) is 3.40. The van der Waals surface area contributed by atoms with E-state index in [1.807, 2.05) is 11.3 Å². The van der Waals surface area contributed by atoms with Crippen LogP contribution in [0, 0.1) is 0 Å². The molecule has 110 valence electrons. The molecule has 0 fully saturated rings. The van der Waals surface area contributed by atoms with Gasteiger partial charge in [0.15, 0.2) is 0 Å². The van der Waals surface area contributed by atoms with Crippen LogP contribution >= 0.6 is 11.3 Å². The highest BCUT2D eigenvalue weighted by Crippen LogP contribution is 2.07. The topological polar surface area (TPSA) is 18.5 Å². The molecular weight excluding hydrogens is 254 g/mol. The van der Waals surface area contributed by atoms with E-state index >= 15 is 0 Å². The van der Waals surface area contributed by atoms with E-state index in [4.69, 9.17) is 0 Å². The quantitative estimate of drug-likeness (QED) is 0.712. The van der Waals surface area contributed by atoms with Gasteiger partial charge in [-0.3, -0.25) is 4.90 Å². The fraction of sp³-hybridized carbons (Fsp3) is 0.733. The Balaban J connectivity index is 2.19. The van der Waals surface area contributed by atoms with E-state index in [0.717, 1.165) is 19.6 Å². The Kier molecular flexibility index (Phi) is 8.30. The number of nitrogens with one attached hydrogen (secondary N) is 1. The first kappa shape index (κ1) is 16.6. The number of rotatable bonds is 10. The van der Waals surface area contributed by atoms with Crippen LogP contribution in [-0.2, 0) is 6.54 Å². The summed E-state index contributed by atoms with van der Waals surface area (Å²) < 4.78 is 0. The van der Waals surface area contributed by atoms with Gasteiger partial charge in [-0.1, -0.05) is 13.0 Å². The molecule has 1 N–H and O–H groups in total. The smallest absolute Gasteiger partial charge is 0.0300 e. The monoisotopic (exact) mass is 283 g/mol. The number of hydrogen-bond donors (Lipinski definition) is 1. The summed E-state index contributed by atoms with van der Waals surface area (Å²) in [7, 11) is 4.28. The highest BCUT2D eigenvalue weighted by atomic mass is 32.1. The molecule has 0 aliphatic carbocycles. The zero-order valence-electron chi connectivity index (χ0n) is 12.9. The predicted molar refractivity (Wildman–Crippen MR) is 85.9 cm³/mol. The standard InChI is InChI=1S/C15H29N3S/c1-5-18(10-7-9-17(3)4)14(2)12-16-13-15-8-6-11-19-15/h6,8,11,14,16H,5,7,9-10,12-13H2,1-4H3. The van der Waals surface area contributed by atoms with Crippen molar-refractivity contribution in [3.05, 3.63) is 22.4 Å². The predicted octanol–water partition coefficient (Wildman–Crippen LogP) is 2.50. The molecule has 1 heterocycles. The molecule has 3 nitrogen and oxygen atoms in total. The summed E-state index contributed by atoms with van der Waals surface area (Å²) in [5.41, 5.74) is 0. The lowest BCUT2D eigenvalue weighted by Crippen LogP contribution is -2.41. The largest absolute Gasteiger partial charge is 0.310 e. The van der Waals surface area contributed by atoms with Crippen molar-refractivity contribution >= 4 is 11.3 Å². The Bertz CT molecular complexity index is 311. The third kappa shape index (κ3) is 7.06. The van der Waals surface area contributed by atoms with Gasteiger partial charge in [0, 0.05) is 24.0 Å². The molecular formula is C15H29N3S.